The minimum absolute atomic E-state index is 0.162. The Balaban J connectivity index is 2.00. The molecular formula is C17H19ClN2. The highest BCUT2D eigenvalue weighted by atomic mass is 35.5. The Kier molecular flexibility index (Phi) is 3.29. The van der Waals surface area contributed by atoms with Crippen LogP contribution in [0, 0.1) is 0 Å². The summed E-state index contributed by atoms with van der Waals surface area (Å²) >= 11 is 6.28. The van der Waals surface area contributed by atoms with Gasteiger partial charge in [0, 0.05) is 16.8 Å². The van der Waals surface area contributed by atoms with E-state index in [9.17, 15) is 0 Å². The zero-order valence-corrected chi connectivity index (χ0v) is 13.0. The summed E-state index contributed by atoms with van der Waals surface area (Å²) in [6.07, 6.45) is 3.16. The van der Waals surface area contributed by atoms with Crippen molar-refractivity contribution in [3.8, 4) is 11.4 Å². The number of aryl methyl sites for hydroxylation is 1. The van der Waals surface area contributed by atoms with Crippen LogP contribution in [0.3, 0.4) is 0 Å². The van der Waals surface area contributed by atoms with Gasteiger partial charge in [-0.3, -0.25) is 0 Å². The topological polar surface area (TPSA) is 25.8 Å². The number of aromatic nitrogens is 2. The van der Waals surface area contributed by atoms with Crippen molar-refractivity contribution in [2.24, 2.45) is 0 Å². The molecule has 2 nitrogen and oxygen atoms in total. The Morgan fingerprint density at radius 1 is 1.00 bits per heavy atom. The van der Waals surface area contributed by atoms with Crippen LogP contribution >= 0.6 is 11.6 Å². The molecule has 0 spiro atoms. The first kappa shape index (κ1) is 13.6. The maximum absolute atomic E-state index is 6.28. The molecule has 2 aromatic rings. The van der Waals surface area contributed by atoms with Gasteiger partial charge in [0.1, 0.15) is 5.15 Å². The normalized spacial score (nSPS) is 14.4. The fourth-order valence-electron chi connectivity index (χ4n) is 2.64. The van der Waals surface area contributed by atoms with Gasteiger partial charge in [-0.2, -0.15) is 0 Å². The highest BCUT2D eigenvalue weighted by molar-refractivity contribution is 6.30. The number of rotatable bonds is 1. The van der Waals surface area contributed by atoms with Gasteiger partial charge in [-0.1, -0.05) is 56.6 Å². The van der Waals surface area contributed by atoms with E-state index in [1.165, 1.54) is 5.56 Å². The molecule has 3 rings (SSSR count). The van der Waals surface area contributed by atoms with Gasteiger partial charge in [0.15, 0.2) is 5.82 Å². The molecule has 0 N–H and O–H groups in total. The number of hydrogen-bond acceptors (Lipinski definition) is 2. The van der Waals surface area contributed by atoms with Crippen molar-refractivity contribution in [1.29, 1.82) is 0 Å². The molecule has 0 radical (unpaired) electrons. The van der Waals surface area contributed by atoms with Crippen molar-refractivity contribution in [2.75, 3.05) is 0 Å². The first-order chi connectivity index (χ1) is 9.45. The molecular weight excluding hydrogens is 268 g/mol. The molecule has 1 aliphatic carbocycles. The second-order valence-electron chi connectivity index (χ2n) is 6.44. The predicted octanol–water partition coefficient (Wildman–Crippen LogP) is 4.58. The Labute approximate surface area is 125 Å². The fourth-order valence-corrected chi connectivity index (χ4v) is 2.92. The molecule has 0 aliphatic heterocycles. The summed E-state index contributed by atoms with van der Waals surface area (Å²) in [5, 5.41) is 0.627. The van der Waals surface area contributed by atoms with Crippen molar-refractivity contribution in [1.82, 2.24) is 9.97 Å². The number of hydrogen-bond donors (Lipinski definition) is 0. The van der Waals surface area contributed by atoms with Crippen molar-refractivity contribution in [2.45, 2.75) is 45.4 Å². The van der Waals surface area contributed by atoms with Crippen LogP contribution in [0.4, 0.5) is 0 Å². The van der Waals surface area contributed by atoms with Gasteiger partial charge < -0.3 is 0 Å². The highest BCUT2D eigenvalue weighted by Gasteiger charge is 2.19. The van der Waals surface area contributed by atoms with Crippen LogP contribution in [0.25, 0.3) is 11.4 Å². The molecule has 1 heterocycles. The largest absolute Gasteiger partial charge is 0.233 e. The fraction of sp³-hybridized carbons (Fsp3) is 0.412. The van der Waals surface area contributed by atoms with Crippen molar-refractivity contribution >= 4 is 11.6 Å². The minimum Gasteiger partial charge on any atom is -0.233 e. The third-order valence-corrected chi connectivity index (χ3v) is 4.20. The van der Waals surface area contributed by atoms with E-state index in [2.05, 4.69) is 55.0 Å². The Hall–Kier alpha value is -1.41. The molecule has 104 valence electrons. The molecule has 0 atom stereocenters. The van der Waals surface area contributed by atoms with Crippen LogP contribution in [0.1, 0.15) is 44.0 Å². The summed E-state index contributed by atoms with van der Waals surface area (Å²) in [6.45, 7) is 6.64. The van der Waals surface area contributed by atoms with E-state index < -0.39 is 0 Å². The van der Waals surface area contributed by atoms with E-state index in [-0.39, 0.29) is 5.41 Å². The first-order valence-electron chi connectivity index (χ1n) is 7.11. The summed E-state index contributed by atoms with van der Waals surface area (Å²) in [5.74, 6) is 0.746. The lowest BCUT2D eigenvalue weighted by molar-refractivity contribution is 0.590. The minimum atomic E-state index is 0.162. The Morgan fingerprint density at radius 3 is 2.35 bits per heavy atom. The second kappa shape index (κ2) is 4.85. The molecule has 0 bridgehead atoms. The molecule has 1 aromatic heterocycles. The molecule has 0 fully saturated rings. The quantitative estimate of drug-likeness (QED) is 0.717. The summed E-state index contributed by atoms with van der Waals surface area (Å²) in [7, 11) is 0. The molecule has 0 unspecified atom stereocenters. The van der Waals surface area contributed by atoms with Crippen LogP contribution in [0.15, 0.2) is 24.3 Å². The van der Waals surface area contributed by atoms with Crippen LogP contribution in [-0.4, -0.2) is 9.97 Å². The summed E-state index contributed by atoms with van der Waals surface area (Å²) in [5.41, 5.74) is 4.78. The van der Waals surface area contributed by atoms with Crippen LogP contribution in [0.5, 0.6) is 0 Å². The SMILES string of the molecule is CC(C)(C)c1ccc(-c2nc(Cl)c3c(n2)CCC3)cc1. The maximum Gasteiger partial charge on any atom is 0.161 e. The zero-order chi connectivity index (χ0) is 14.3. The molecule has 3 heteroatoms. The Morgan fingerprint density at radius 2 is 1.70 bits per heavy atom. The van der Waals surface area contributed by atoms with Gasteiger partial charge in [0.05, 0.1) is 0 Å². The van der Waals surface area contributed by atoms with E-state index >= 15 is 0 Å². The third-order valence-electron chi connectivity index (χ3n) is 3.89. The number of benzene rings is 1. The summed E-state index contributed by atoms with van der Waals surface area (Å²) < 4.78 is 0. The van der Waals surface area contributed by atoms with E-state index in [4.69, 9.17) is 11.6 Å². The average molecular weight is 287 g/mol. The average Bonchev–Trinajstić information content (AvgIpc) is 2.86. The molecule has 0 saturated heterocycles. The number of halogens is 1. The van der Waals surface area contributed by atoms with Gasteiger partial charge >= 0.3 is 0 Å². The van der Waals surface area contributed by atoms with Crippen LogP contribution in [-0.2, 0) is 18.3 Å². The number of nitrogens with zero attached hydrogens (tertiary/aromatic N) is 2. The summed E-state index contributed by atoms with van der Waals surface area (Å²) in [4.78, 5) is 9.14. The predicted molar refractivity (Wildman–Crippen MR) is 83.2 cm³/mol. The smallest absolute Gasteiger partial charge is 0.161 e. The van der Waals surface area contributed by atoms with E-state index in [0.717, 1.165) is 41.9 Å². The lowest BCUT2D eigenvalue weighted by Crippen LogP contribution is -2.10. The van der Waals surface area contributed by atoms with Crippen LogP contribution < -0.4 is 0 Å². The first-order valence-corrected chi connectivity index (χ1v) is 7.49. The van der Waals surface area contributed by atoms with Gasteiger partial charge in [0.2, 0.25) is 0 Å². The highest BCUT2D eigenvalue weighted by Crippen LogP contribution is 2.30. The molecule has 1 aromatic carbocycles. The van der Waals surface area contributed by atoms with Crippen molar-refractivity contribution in [3.05, 3.63) is 46.2 Å². The van der Waals surface area contributed by atoms with E-state index in [1.807, 2.05) is 0 Å². The maximum atomic E-state index is 6.28. The standard InChI is InChI=1S/C17H19ClN2/c1-17(2,3)12-9-7-11(8-10-12)16-19-14-6-4-5-13(14)15(18)20-16/h7-10H,4-6H2,1-3H3. The Bertz CT molecular complexity index is 639. The van der Waals surface area contributed by atoms with Gasteiger partial charge in [-0.25, -0.2) is 9.97 Å². The lowest BCUT2D eigenvalue weighted by Gasteiger charge is -2.19. The monoisotopic (exact) mass is 286 g/mol. The van der Waals surface area contributed by atoms with E-state index in [1.54, 1.807) is 0 Å². The molecule has 20 heavy (non-hydrogen) atoms. The van der Waals surface area contributed by atoms with Gasteiger partial charge in [-0.15, -0.1) is 0 Å². The lowest BCUT2D eigenvalue weighted by atomic mass is 9.87. The van der Waals surface area contributed by atoms with Gasteiger partial charge in [0.25, 0.3) is 0 Å². The number of fused-ring (bicyclic) bond motifs is 1. The van der Waals surface area contributed by atoms with Gasteiger partial charge in [-0.05, 0) is 30.2 Å². The molecule has 1 aliphatic rings. The second-order valence-corrected chi connectivity index (χ2v) is 6.80. The zero-order valence-electron chi connectivity index (χ0n) is 12.2. The van der Waals surface area contributed by atoms with Crippen molar-refractivity contribution in [3.63, 3.8) is 0 Å². The third kappa shape index (κ3) is 2.45. The summed E-state index contributed by atoms with van der Waals surface area (Å²) in [6, 6.07) is 8.49. The molecule has 0 amide bonds. The van der Waals surface area contributed by atoms with E-state index in [0.29, 0.717) is 5.15 Å². The van der Waals surface area contributed by atoms with Crippen LogP contribution in [0.2, 0.25) is 5.15 Å². The van der Waals surface area contributed by atoms with Crippen molar-refractivity contribution < 1.29 is 0 Å². The molecule has 0 saturated carbocycles.